The van der Waals surface area contributed by atoms with Crippen LogP contribution in [0.25, 0.3) is 11.3 Å². The highest BCUT2D eigenvalue weighted by atomic mass is 35.5. The van der Waals surface area contributed by atoms with E-state index in [0.717, 1.165) is 5.56 Å². The molecule has 0 unspecified atom stereocenters. The summed E-state index contributed by atoms with van der Waals surface area (Å²) >= 11 is 5.91. The summed E-state index contributed by atoms with van der Waals surface area (Å²) in [6.07, 6.45) is 1.30. The van der Waals surface area contributed by atoms with Crippen LogP contribution in [0.15, 0.2) is 65.6 Å². The van der Waals surface area contributed by atoms with Crippen LogP contribution in [-0.2, 0) is 14.8 Å². The Morgan fingerprint density at radius 3 is 2.35 bits per heavy atom. The van der Waals surface area contributed by atoms with Crippen LogP contribution in [0.5, 0.6) is 0 Å². The van der Waals surface area contributed by atoms with Crippen LogP contribution in [-0.4, -0.2) is 73.0 Å². The largest absolute Gasteiger partial charge is 0.353 e. The van der Waals surface area contributed by atoms with Gasteiger partial charge in [0.2, 0.25) is 15.9 Å². The lowest BCUT2D eigenvalue weighted by Gasteiger charge is -2.26. The molecule has 0 radical (unpaired) electrons. The summed E-state index contributed by atoms with van der Waals surface area (Å²) in [6.45, 7) is 4.11. The van der Waals surface area contributed by atoms with Crippen LogP contribution in [0.1, 0.15) is 19.8 Å². The van der Waals surface area contributed by atoms with Gasteiger partial charge in [0, 0.05) is 43.3 Å². The Bertz CT molecular complexity index is 1310. The third-order valence-electron chi connectivity index (χ3n) is 6.20. The molecule has 0 aliphatic carbocycles. The Kier molecular flexibility index (Phi) is 8.73. The van der Waals surface area contributed by atoms with E-state index in [-0.39, 0.29) is 29.7 Å². The summed E-state index contributed by atoms with van der Waals surface area (Å²) in [5.41, 5.74) is 1.42. The molecule has 3 aromatic rings. The maximum absolute atomic E-state index is 13.2. The zero-order valence-electron chi connectivity index (χ0n) is 20.6. The first-order chi connectivity index (χ1) is 17.8. The quantitative estimate of drug-likeness (QED) is 0.424. The number of anilines is 1. The Labute approximate surface area is 221 Å². The van der Waals surface area contributed by atoms with E-state index >= 15 is 0 Å². The minimum absolute atomic E-state index is 0.114. The average molecular weight is 546 g/mol. The van der Waals surface area contributed by atoms with Gasteiger partial charge in [-0.1, -0.05) is 18.5 Å². The second-order valence-electron chi connectivity index (χ2n) is 8.80. The number of carbonyl (C=O) groups is 1. The Hall–Kier alpha value is -3.08. The molecule has 11 heteroatoms. The maximum Gasteiger partial charge on any atom is 0.243 e. The zero-order valence-corrected chi connectivity index (χ0v) is 22.1. The summed E-state index contributed by atoms with van der Waals surface area (Å²) in [5.74, 6) is 0.154. The number of benzene rings is 2. The molecule has 1 fully saturated rings. The summed E-state index contributed by atoms with van der Waals surface area (Å²) in [6, 6.07) is 15.7. The lowest BCUT2D eigenvalue weighted by atomic mass is 10.1. The van der Waals surface area contributed by atoms with Crippen LogP contribution in [0.4, 0.5) is 10.2 Å². The molecule has 2 heterocycles. The number of amides is 1. The molecule has 0 N–H and O–H groups in total. The minimum atomic E-state index is -3.83. The summed E-state index contributed by atoms with van der Waals surface area (Å²) < 4.78 is 40.8. The van der Waals surface area contributed by atoms with E-state index in [1.807, 2.05) is 19.1 Å². The van der Waals surface area contributed by atoms with Gasteiger partial charge in [-0.25, -0.2) is 12.8 Å². The summed E-state index contributed by atoms with van der Waals surface area (Å²) in [4.78, 5) is 17.0. The number of hydrogen-bond acceptors (Lipinski definition) is 6. The molecule has 0 spiro atoms. The standard InChI is InChI=1S/C26H29ClFN5O3S/c1-2-14-33(37(35,36)23-10-6-21(27)7-11-23)19-26(34)32-16-3-15-31(17-18-32)25-13-12-24(29-30-25)20-4-8-22(28)9-5-20/h4-13H,2-3,14-19H2,1H3. The van der Waals surface area contributed by atoms with Gasteiger partial charge in [0.15, 0.2) is 5.82 Å². The van der Waals surface area contributed by atoms with Crippen molar-refractivity contribution in [3.63, 3.8) is 0 Å². The number of sulfonamides is 1. The van der Waals surface area contributed by atoms with Gasteiger partial charge in [-0.3, -0.25) is 4.79 Å². The van der Waals surface area contributed by atoms with Crippen molar-refractivity contribution in [3.05, 3.63) is 71.5 Å². The lowest BCUT2D eigenvalue weighted by Crippen LogP contribution is -2.44. The Morgan fingerprint density at radius 2 is 1.70 bits per heavy atom. The van der Waals surface area contributed by atoms with Gasteiger partial charge >= 0.3 is 0 Å². The van der Waals surface area contributed by atoms with Crippen molar-refractivity contribution in [2.24, 2.45) is 0 Å². The van der Waals surface area contributed by atoms with Crippen molar-refractivity contribution in [2.75, 3.05) is 44.2 Å². The predicted molar refractivity (Wildman–Crippen MR) is 141 cm³/mol. The molecule has 0 saturated carbocycles. The normalized spacial score (nSPS) is 14.6. The number of hydrogen-bond donors (Lipinski definition) is 0. The van der Waals surface area contributed by atoms with Crippen LogP contribution in [0.3, 0.4) is 0 Å². The average Bonchev–Trinajstić information content (AvgIpc) is 3.16. The van der Waals surface area contributed by atoms with E-state index in [1.54, 1.807) is 17.0 Å². The summed E-state index contributed by atoms with van der Waals surface area (Å²) in [7, 11) is -3.83. The third-order valence-corrected chi connectivity index (χ3v) is 8.31. The van der Waals surface area contributed by atoms with Crippen molar-refractivity contribution in [3.8, 4) is 11.3 Å². The van der Waals surface area contributed by atoms with Crippen molar-refractivity contribution < 1.29 is 17.6 Å². The maximum atomic E-state index is 13.2. The first-order valence-electron chi connectivity index (χ1n) is 12.2. The Balaban J connectivity index is 1.40. The molecule has 1 amide bonds. The molecule has 4 rings (SSSR count). The first-order valence-corrected chi connectivity index (χ1v) is 14.0. The highest BCUT2D eigenvalue weighted by Gasteiger charge is 2.29. The van der Waals surface area contributed by atoms with Gasteiger partial charge in [-0.2, -0.15) is 4.31 Å². The van der Waals surface area contributed by atoms with E-state index in [2.05, 4.69) is 15.1 Å². The van der Waals surface area contributed by atoms with Crippen molar-refractivity contribution >= 4 is 33.3 Å². The monoisotopic (exact) mass is 545 g/mol. The van der Waals surface area contributed by atoms with Crippen molar-refractivity contribution in [1.82, 2.24) is 19.4 Å². The lowest BCUT2D eigenvalue weighted by molar-refractivity contribution is -0.131. The van der Waals surface area contributed by atoms with Crippen LogP contribution < -0.4 is 4.90 Å². The minimum Gasteiger partial charge on any atom is -0.353 e. The molecular weight excluding hydrogens is 517 g/mol. The molecule has 196 valence electrons. The number of aromatic nitrogens is 2. The van der Waals surface area contributed by atoms with E-state index < -0.39 is 10.0 Å². The van der Waals surface area contributed by atoms with Crippen LogP contribution in [0.2, 0.25) is 5.02 Å². The smallest absolute Gasteiger partial charge is 0.243 e. The second kappa shape index (κ2) is 12.0. The number of halogens is 2. The van der Waals surface area contributed by atoms with Gasteiger partial charge in [-0.15, -0.1) is 10.2 Å². The molecule has 0 atom stereocenters. The molecule has 1 saturated heterocycles. The van der Waals surface area contributed by atoms with Gasteiger partial charge in [0.1, 0.15) is 5.82 Å². The molecule has 0 bridgehead atoms. The van der Waals surface area contributed by atoms with Gasteiger partial charge in [0.05, 0.1) is 17.1 Å². The van der Waals surface area contributed by atoms with Crippen LogP contribution in [0, 0.1) is 5.82 Å². The highest BCUT2D eigenvalue weighted by Crippen LogP contribution is 2.21. The van der Waals surface area contributed by atoms with Gasteiger partial charge in [-0.05, 0) is 73.5 Å². The topological polar surface area (TPSA) is 86.7 Å². The van der Waals surface area contributed by atoms with Crippen LogP contribution >= 0.6 is 11.6 Å². The fourth-order valence-corrected chi connectivity index (χ4v) is 5.81. The van der Waals surface area contributed by atoms with E-state index in [1.165, 1.54) is 40.7 Å². The number of carbonyl (C=O) groups excluding carboxylic acids is 1. The molecular formula is C26H29ClFN5O3S. The Morgan fingerprint density at radius 1 is 0.973 bits per heavy atom. The van der Waals surface area contributed by atoms with E-state index in [0.29, 0.717) is 55.6 Å². The molecule has 1 aromatic heterocycles. The predicted octanol–water partition coefficient (Wildman–Crippen LogP) is 4.08. The van der Waals surface area contributed by atoms with Crippen molar-refractivity contribution in [1.29, 1.82) is 0 Å². The van der Waals surface area contributed by atoms with E-state index in [9.17, 15) is 17.6 Å². The fourth-order valence-electron chi connectivity index (χ4n) is 4.20. The molecule has 1 aliphatic heterocycles. The second-order valence-corrected chi connectivity index (χ2v) is 11.2. The zero-order chi connectivity index (χ0) is 26.4. The van der Waals surface area contributed by atoms with Crippen molar-refractivity contribution in [2.45, 2.75) is 24.7 Å². The number of nitrogens with zero attached hydrogens (tertiary/aromatic N) is 5. The van der Waals surface area contributed by atoms with E-state index in [4.69, 9.17) is 11.6 Å². The first kappa shape index (κ1) is 27.0. The molecule has 2 aromatic carbocycles. The number of rotatable bonds is 8. The fraction of sp³-hybridized carbons (Fsp3) is 0.346. The highest BCUT2D eigenvalue weighted by molar-refractivity contribution is 7.89. The molecule has 1 aliphatic rings. The molecule has 8 nitrogen and oxygen atoms in total. The third kappa shape index (κ3) is 6.63. The van der Waals surface area contributed by atoms with Gasteiger partial charge < -0.3 is 9.80 Å². The van der Waals surface area contributed by atoms with Gasteiger partial charge in [0.25, 0.3) is 0 Å². The summed E-state index contributed by atoms with van der Waals surface area (Å²) in [5, 5.41) is 9.07. The SMILES string of the molecule is CCCN(CC(=O)N1CCCN(c2ccc(-c3ccc(F)cc3)nn2)CC1)S(=O)(=O)c1ccc(Cl)cc1. The molecule has 37 heavy (non-hydrogen) atoms.